The van der Waals surface area contributed by atoms with Gasteiger partial charge in [0.15, 0.2) is 5.16 Å². The number of aryl methyl sites for hydroxylation is 3. The number of benzene rings is 1. The van der Waals surface area contributed by atoms with E-state index in [-0.39, 0.29) is 23.9 Å². The Balaban J connectivity index is 1.74. The summed E-state index contributed by atoms with van der Waals surface area (Å²) in [5, 5.41) is 3.64. The lowest BCUT2D eigenvalue weighted by atomic mass is 10.1. The molecule has 0 spiro atoms. The van der Waals surface area contributed by atoms with E-state index in [2.05, 4.69) is 16.4 Å². The molecule has 1 aromatic carbocycles. The van der Waals surface area contributed by atoms with Gasteiger partial charge >= 0.3 is 0 Å². The van der Waals surface area contributed by atoms with Crippen LogP contribution < -0.4 is 10.9 Å². The molecule has 5 nitrogen and oxygen atoms in total. The number of anilines is 1. The number of amides is 1. The Labute approximate surface area is 139 Å². The minimum Gasteiger partial charge on any atom is -0.326 e. The summed E-state index contributed by atoms with van der Waals surface area (Å²) >= 11 is 1.53. The van der Waals surface area contributed by atoms with Crippen LogP contribution in [0.1, 0.15) is 29.3 Å². The van der Waals surface area contributed by atoms with Crippen LogP contribution in [0.15, 0.2) is 34.2 Å². The molecule has 0 saturated carbocycles. The van der Waals surface area contributed by atoms with E-state index in [0.717, 1.165) is 16.8 Å². The van der Waals surface area contributed by atoms with E-state index in [1.807, 2.05) is 32.9 Å². The Morgan fingerprint density at radius 2 is 1.96 bits per heavy atom. The van der Waals surface area contributed by atoms with Gasteiger partial charge in [-0.2, -0.15) is 0 Å². The van der Waals surface area contributed by atoms with Gasteiger partial charge in [0.05, 0.1) is 6.04 Å². The minimum absolute atomic E-state index is 0.0818. The van der Waals surface area contributed by atoms with E-state index in [4.69, 9.17) is 0 Å². The SMILES string of the molecule is Cc1cc(C)cc(NC(=O)C[C@H]2CSc3nc(C)cc(=O)n32)c1. The van der Waals surface area contributed by atoms with E-state index in [9.17, 15) is 9.59 Å². The number of rotatable bonds is 3. The lowest BCUT2D eigenvalue weighted by Crippen LogP contribution is -2.27. The molecule has 1 aromatic heterocycles. The first kappa shape index (κ1) is 15.8. The molecule has 2 aromatic rings. The second kappa shape index (κ2) is 6.20. The van der Waals surface area contributed by atoms with E-state index in [1.54, 1.807) is 4.57 Å². The first-order chi connectivity index (χ1) is 10.9. The number of carbonyl (C=O) groups excluding carboxylic acids is 1. The van der Waals surface area contributed by atoms with Crippen LogP contribution in [0.2, 0.25) is 0 Å². The monoisotopic (exact) mass is 329 g/mol. The van der Waals surface area contributed by atoms with Gasteiger partial charge in [-0.05, 0) is 44.0 Å². The van der Waals surface area contributed by atoms with Crippen molar-refractivity contribution in [2.24, 2.45) is 0 Å². The highest BCUT2D eigenvalue weighted by molar-refractivity contribution is 7.99. The van der Waals surface area contributed by atoms with Crippen molar-refractivity contribution in [1.29, 1.82) is 0 Å². The Morgan fingerprint density at radius 1 is 1.26 bits per heavy atom. The maximum absolute atomic E-state index is 12.3. The molecule has 1 amide bonds. The Morgan fingerprint density at radius 3 is 2.65 bits per heavy atom. The first-order valence-corrected chi connectivity index (χ1v) is 8.52. The number of aromatic nitrogens is 2. The standard InChI is InChI=1S/C17H19N3O2S/c1-10-4-11(2)6-13(5-10)19-15(21)8-14-9-23-17-18-12(3)7-16(22)20(14)17/h4-7,14H,8-9H2,1-3H3,(H,19,21)/t14-/m0/s1. The predicted octanol–water partition coefficient (Wildman–Crippen LogP) is 2.84. The molecular formula is C17H19N3O2S. The van der Waals surface area contributed by atoms with Crippen LogP contribution in [-0.4, -0.2) is 21.2 Å². The van der Waals surface area contributed by atoms with Crippen molar-refractivity contribution in [2.75, 3.05) is 11.1 Å². The second-order valence-electron chi connectivity index (χ2n) is 5.98. The highest BCUT2D eigenvalue weighted by Crippen LogP contribution is 2.32. The molecule has 6 heteroatoms. The quantitative estimate of drug-likeness (QED) is 0.880. The molecule has 0 unspecified atom stereocenters. The van der Waals surface area contributed by atoms with Crippen molar-refractivity contribution in [3.63, 3.8) is 0 Å². The van der Waals surface area contributed by atoms with Gasteiger partial charge in [0.1, 0.15) is 0 Å². The van der Waals surface area contributed by atoms with Gasteiger partial charge < -0.3 is 5.32 Å². The zero-order chi connectivity index (χ0) is 16.6. The van der Waals surface area contributed by atoms with Gasteiger partial charge in [0, 0.05) is 29.6 Å². The van der Waals surface area contributed by atoms with Gasteiger partial charge in [0.2, 0.25) is 5.91 Å². The highest BCUT2D eigenvalue weighted by atomic mass is 32.2. The van der Waals surface area contributed by atoms with E-state index in [1.165, 1.54) is 17.8 Å². The number of hydrogen-bond acceptors (Lipinski definition) is 4. The average molecular weight is 329 g/mol. The molecule has 23 heavy (non-hydrogen) atoms. The Bertz CT molecular complexity index is 809. The topological polar surface area (TPSA) is 64.0 Å². The lowest BCUT2D eigenvalue weighted by molar-refractivity contribution is -0.116. The molecule has 0 bridgehead atoms. The number of carbonyl (C=O) groups is 1. The molecule has 0 aliphatic carbocycles. The number of nitrogens with zero attached hydrogens (tertiary/aromatic N) is 2. The van der Waals surface area contributed by atoms with Crippen molar-refractivity contribution in [3.05, 3.63) is 51.4 Å². The van der Waals surface area contributed by atoms with Gasteiger partial charge in [-0.25, -0.2) is 4.98 Å². The van der Waals surface area contributed by atoms with Crippen LogP contribution in [0.4, 0.5) is 5.69 Å². The second-order valence-corrected chi connectivity index (χ2v) is 6.97. The molecule has 1 atom stereocenters. The summed E-state index contributed by atoms with van der Waals surface area (Å²) in [6.07, 6.45) is 0.275. The number of fused-ring (bicyclic) bond motifs is 1. The van der Waals surface area contributed by atoms with E-state index in [0.29, 0.717) is 16.6 Å². The van der Waals surface area contributed by atoms with Gasteiger partial charge in [0.25, 0.3) is 5.56 Å². The van der Waals surface area contributed by atoms with Crippen molar-refractivity contribution in [2.45, 2.75) is 38.4 Å². The van der Waals surface area contributed by atoms with E-state index < -0.39 is 0 Å². The molecule has 3 rings (SSSR count). The molecule has 1 aliphatic rings. The summed E-state index contributed by atoms with van der Waals surface area (Å²) in [6.45, 7) is 5.81. The zero-order valence-electron chi connectivity index (χ0n) is 13.4. The largest absolute Gasteiger partial charge is 0.326 e. The molecule has 0 fully saturated rings. The smallest absolute Gasteiger partial charge is 0.254 e. The molecule has 2 heterocycles. The summed E-state index contributed by atoms with van der Waals surface area (Å²) in [7, 11) is 0. The maximum Gasteiger partial charge on any atom is 0.254 e. The van der Waals surface area contributed by atoms with E-state index >= 15 is 0 Å². The van der Waals surface area contributed by atoms with Crippen molar-refractivity contribution < 1.29 is 4.79 Å². The molecule has 120 valence electrons. The molecular weight excluding hydrogens is 310 g/mol. The fourth-order valence-corrected chi connectivity index (χ4v) is 4.08. The summed E-state index contributed by atoms with van der Waals surface area (Å²) < 4.78 is 1.64. The van der Waals surface area contributed by atoms with Crippen LogP contribution in [0, 0.1) is 20.8 Å². The normalized spacial score (nSPS) is 16.2. The Hall–Kier alpha value is -2.08. The van der Waals surface area contributed by atoms with Crippen molar-refractivity contribution in [1.82, 2.24) is 9.55 Å². The van der Waals surface area contributed by atoms with Crippen molar-refractivity contribution >= 4 is 23.4 Å². The third-order valence-electron chi connectivity index (χ3n) is 3.74. The van der Waals surface area contributed by atoms with Crippen LogP contribution in [0.25, 0.3) is 0 Å². The van der Waals surface area contributed by atoms with Crippen LogP contribution in [0.3, 0.4) is 0 Å². The molecule has 1 N–H and O–H groups in total. The highest BCUT2D eigenvalue weighted by Gasteiger charge is 2.27. The summed E-state index contributed by atoms with van der Waals surface area (Å²) in [5.74, 6) is 0.618. The summed E-state index contributed by atoms with van der Waals surface area (Å²) in [5.41, 5.74) is 3.65. The van der Waals surface area contributed by atoms with Crippen molar-refractivity contribution in [3.8, 4) is 0 Å². The van der Waals surface area contributed by atoms with Gasteiger partial charge in [-0.1, -0.05) is 17.8 Å². The van der Waals surface area contributed by atoms with Crippen LogP contribution in [-0.2, 0) is 4.79 Å². The minimum atomic E-state index is -0.137. The third-order valence-corrected chi connectivity index (χ3v) is 4.84. The zero-order valence-corrected chi connectivity index (χ0v) is 14.2. The maximum atomic E-state index is 12.3. The van der Waals surface area contributed by atoms with Crippen LogP contribution in [0.5, 0.6) is 0 Å². The van der Waals surface area contributed by atoms with Gasteiger partial charge in [-0.3, -0.25) is 14.2 Å². The van der Waals surface area contributed by atoms with Crippen LogP contribution >= 0.6 is 11.8 Å². The molecule has 0 saturated heterocycles. The number of hydrogen-bond donors (Lipinski definition) is 1. The third kappa shape index (κ3) is 3.47. The fourth-order valence-electron chi connectivity index (χ4n) is 2.89. The average Bonchev–Trinajstić information content (AvgIpc) is 2.80. The molecule has 0 radical (unpaired) electrons. The summed E-state index contributed by atoms with van der Waals surface area (Å²) in [4.78, 5) is 28.8. The predicted molar refractivity (Wildman–Crippen MR) is 92.2 cm³/mol. The molecule has 1 aliphatic heterocycles. The first-order valence-electron chi connectivity index (χ1n) is 7.53. The number of nitrogens with one attached hydrogen (secondary N) is 1. The Kier molecular flexibility index (Phi) is 4.26. The lowest BCUT2D eigenvalue weighted by Gasteiger charge is -2.14. The van der Waals surface area contributed by atoms with Gasteiger partial charge in [-0.15, -0.1) is 0 Å². The summed E-state index contributed by atoms with van der Waals surface area (Å²) in [6, 6.07) is 7.33. The number of thioether (sulfide) groups is 1. The fraction of sp³-hybridized carbons (Fsp3) is 0.353.